The zero-order valence-electron chi connectivity index (χ0n) is 14.6. The van der Waals surface area contributed by atoms with E-state index in [1.807, 2.05) is 0 Å². The number of hydrogen-bond donors (Lipinski definition) is 3. The van der Waals surface area contributed by atoms with Crippen molar-refractivity contribution in [2.45, 2.75) is 0 Å². The topological polar surface area (TPSA) is 121 Å². The summed E-state index contributed by atoms with van der Waals surface area (Å²) in [6, 6.07) is 14.9. The zero-order valence-corrected chi connectivity index (χ0v) is 14.6. The molecule has 0 saturated carbocycles. The van der Waals surface area contributed by atoms with Crippen LogP contribution >= 0.6 is 0 Å². The van der Waals surface area contributed by atoms with Crippen molar-refractivity contribution in [1.82, 2.24) is 15.3 Å². The predicted octanol–water partition coefficient (Wildman–Crippen LogP) is 2.21. The molecule has 0 radical (unpaired) electrons. The number of pyridine rings is 2. The maximum atomic E-state index is 12.5. The van der Waals surface area contributed by atoms with E-state index < -0.39 is 18.4 Å². The van der Waals surface area contributed by atoms with E-state index in [0.29, 0.717) is 11.4 Å². The lowest BCUT2D eigenvalue weighted by Gasteiger charge is -2.08. The third-order valence-electron chi connectivity index (χ3n) is 3.76. The van der Waals surface area contributed by atoms with Crippen LogP contribution in [0, 0.1) is 0 Å². The van der Waals surface area contributed by atoms with Gasteiger partial charge in [0.1, 0.15) is 12.2 Å². The first kappa shape index (κ1) is 18.7. The van der Waals surface area contributed by atoms with E-state index in [-0.39, 0.29) is 17.2 Å². The minimum atomic E-state index is -1.13. The van der Waals surface area contributed by atoms with Crippen LogP contribution in [0.3, 0.4) is 0 Å². The van der Waals surface area contributed by atoms with Gasteiger partial charge >= 0.3 is 5.97 Å². The molecule has 2 aromatic heterocycles. The molecule has 8 nitrogen and oxygen atoms in total. The fraction of sp³-hybridized carbons (Fsp3) is 0.0500. The first-order valence-corrected chi connectivity index (χ1v) is 8.32. The van der Waals surface area contributed by atoms with E-state index in [4.69, 9.17) is 5.11 Å². The largest absolute Gasteiger partial charge is 0.480 e. The molecule has 28 heavy (non-hydrogen) atoms. The number of carbonyl (C=O) groups is 3. The summed E-state index contributed by atoms with van der Waals surface area (Å²) >= 11 is 0. The molecule has 0 spiro atoms. The molecule has 1 aromatic carbocycles. The zero-order chi connectivity index (χ0) is 19.9. The third-order valence-corrected chi connectivity index (χ3v) is 3.76. The van der Waals surface area contributed by atoms with Crippen LogP contribution < -0.4 is 10.6 Å². The van der Waals surface area contributed by atoms with Crippen LogP contribution in [0.4, 0.5) is 5.69 Å². The second-order valence-corrected chi connectivity index (χ2v) is 5.75. The first-order valence-electron chi connectivity index (χ1n) is 8.32. The molecule has 3 aromatic rings. The molecule has 0 saturated heterocycles. The number of hydrogen-bond acceptors (Lipinski definition) is 5. The second-order valence-electron chi connectivity index (χ2n) is 5.75. The highest BCUT2D eigenvalue weighted by atomic mass is 16.4. The summed E-state index contributed by atoms with van der Waals surface area (Å²) in [6.07, 6.45) is 3.30. The molecule has 0 atom stereocenters. The smallest absolute Gasteiger partial charge is 0.322 e. The Kier molecular flexibility index (Phi) is 5.71. The normalized spacial score (nSPS) is 10.1. The number of nitrogens with zero attached hydrogens (tertiary/aromatic N) is 2. The van der Waals surface area contributed by atoms with E-state index in [0.717, 1.165) is 5.56 Å². The summed E-state index contributed by atoms with van der Waals surface area (Å²) in [5.74, 6) is -2.02. The number of aromatic nitrogens is 2. The Hall–Kier alpha value is -4.07. The van der Waals surface area contributed by atoms with Gasteiger partial charge in [0.25, 0.3) is 11.8 Å². The van der Waals surface area contributed by atoms with Crippen molar-refractivity contribution >= 4 is 23.5 Å². The van der Waals surface area contributed by atoms with Crippen molar-refractivity contribution in [1.29, 1.82) is 0 Å². The lowest BCUT2D eigenvalue weighted by Crippen LogP contribution is -2.29. The number of amides is 2. The van der Waals surface area contributed by atoms with E-state index in [2.05, 4.69) is 20.6 Å². The minimum absolute atomic E-state index is 0.248. The standard InChI is InChI=1S/C20H16N4O4/c25-18(26)12-22-19(27)14-4-6-15(7-5-14)23-20(28)17-3-1-2-16(24-17)13-8-10-21-11-9-13/h1-11H,12H2,(H,22,27)(H,23,28)(H,25,26). The number of carbonyl (C=O) groups excluding carboxylic acids is 2. The highest BCUT2D eigenvalue weighted by molar-refractivity contribution is 6.03. The van der Waals surface area contributed by atoms with Gasteiger partial charge in [-0.1, -0.05) is 6.07 Å². The predicted molar refractivity (Wildman–Crippen MR) is 102 cm³/mol. The Balaban J connectivity index is 1.68. The molecule has 3 N–H and O–H groups in total. The van der Waals surface area contributed by atoms with Gasteiger partial charge in [0, 0.05) is 29.2 Å². The van der Waals surface area contributed by atoms with Crippen molar-refractivity contribution in [2.24, 2.45) is 0 Å². The maximum Gasteiger partial charge on any atom is 0.322 e. The first-order chi connectivity index (χ1) is 13.5. The van der Waals surface area contributed by atoms with Crippen molar-refractivity contribution in [3.8, 4) is 11.3 Å². The van der Waals surface area contributed by atoms with Gasteiger partial charge in [0.15, 0.2) is 0 Å². The molecule has 2 amide bonds. The average Bonchev–Trinajstić information content (AvgIpc) is 2.73. The molecular formula is C20H16N4O4. The van der Waals surface area contributed by atoms with Crippen LogP contribution in [-0.2, 0) is 4.79 Å². The number of anilines is 1. The number of benzene rings is 1. The monoisotopic (exact) mass is 376 g/mol. The van der Waals surface area contributed by atoms with Crippen molar-refractivity contribution in [3.05, 3.63) is 78.2 Å². The number of carboxylic acids is 1. The Morgan fingerprint density at radius 1 is 0.893 bits per heavy atom. The molecule has 2 heterocycles. The molecule has 0 aliphatic heterocycles. The van der Waals surface area contributed by atoms with E-state index in [1.54, 1.807) is 54.9 Å². The van der Waals surface area contributed by atoms with Crippen LogP contribution in [0.2, 0.25) is 0 Å². The summed E-state index contributed by atoms with van der Waals surface area (Å²) in [5.41, 5.74) is 2.52. The highest BCUT2D eigenvalue weighted by Gasteiger charge is 2.11. The van der Waals surface area contributed by atoms with Crippen LogP contribution in [0.5, 0.6) is 0 Å². The number of carboxylic acid groups (broad SMARTS) is 1. The Labute approximate surface area is 160 Å². The van der Waals surface area contributed by atoms with Gasteiger partial charge in [-0.15, -0.1) is 0 Å². The number of aliphatic carboxylic acids is 1. The lowest BCUT2D eigenvalue weighted by molar-refractivity contribution is -0.135. The van der Waals surface area contributed by atoms with Crippen molar-refractivity contribution in [2.75, 3.05) is 11.9 Å². The summed E-state index contributed by atoms with van der Waals surface area (Å²) in [7, 11) is 0. The molecule has 0 unspecified atom stereocenters. The quantitative estimate of drug-likeness (QED) is 0.606. The van der Waals surface area contributed by atoms with Gasteiger partial charge in [0.2, 0.25) is 0 Å². The van der Waals surface area contributed by atoms with Gasteiger partial charge in [-0.05, 0) is 48.5 Å². The SMILES string of the molecule is O=C(O)CNC(=O)c1ccc(NC(=O)c2cccc(-c3ccncc3)n2)cc1. The lowest BCUT2D eigenvalue weighted by atomic mass is 10.1. The van der Waals surface area contributed by atoms with Crippen LogP contribution in [0.1, 0.15) is 20.8 Å². The van der Waals surface area contributed by atoms with E-state index in [1.165, 1.54) is 12.1 Å². The Morgan fingerprint density at radius 3 is 2.29 bits per heavy atom. The van der Waals surface area contributed by atoms with Crippen LogP contribution in [0.15, 0.2) is 67.0 Å². The number of nitrogens with one attached hydrogen (secondary N) is 2. The molecular weight excluding hydrogens is 360 g/mol. The fourth-order valence-electron chi connectivity index (χ4n) is 2.40. The van der Waals surface area contributed by atoms with Crippen molar-refractivity contribution in [3.63, 3.8) is 0 Å². The molecule has 3 rings (SSSR count). The summed E-state index contributed by atoms with van der Waals surface area (Å²) in [4.78, 5) is 43.1. The van der Waals surface area contributed by atoms with Gasteiger partial charge in [-0.2, -0.15) is 0 Å². The molecule has 8 heteroatoms. The van der Waals surface area contributed by atoms with Gasteiger partial charge in [-0.3, -0.25) is 19.4 Å². The summed E-state index contributed by atoms with van der Waals surface area (Å²) in [6.45, 7) is -0.462. The summed E-state index contributed by atoms with van der Waals surface area (Å²) < 4.78 is 0. The Morgan fingerprint density at radius 2 is 1.61 bits per heavy atom. The molecule has 0 bridgehead atoms. The maximum absolute atomic E-state index is 12.5. The van der Waals surface area contributed by atoms with Crippen LogP contribution in [0.25, 0.3) is 11.3 Å². The Bertz CT molecular complexity index is 1000. The summed E-state index contributed by atoms with van der Waals surface area (Å²) in [5, 5.41) is 13.6. The molecule has 0 aliphatic rings. The van der Waals surface area contributed by atoms with Gasteiger partial charge in [0.05, 0.1) is 5.69 Å². The molecule has 140 valence electrons. The van der Waals surface area contributed by atoms with E-state index >= 15 is 0 Å². The fourth-order valence-corrected chi connectivity index (χ4v) is 2.40. The second kappa shape index (κ2) is 8.54. The van der Waals surface area contributed by atoms with Crippen LogP contribution in [-0.4, -0.2) is 39.4 Å². The third kappa shape index (κ3) is 4.76. The van der Waals surface area contributed by atoms with Crippen molar-refractivity contribution < 1.29 is 19.5 Å². The highest BCUT2D eigenvalue weighted by Crippen LogP contribution is 2.17. The van der Waals surface area contributed by atoms with Gasteiger partial charge < -0.3 is 15.7 Å². The van der Waals surface area contributed by atoms with E-state index in [9.17, 15) is 14.4 Å². The number of rotatable bonds is 6. The average molecular weight is 376 g/mol. The molecule has 0 aliphatic carbocycles. The minimum Gasteiger partial charge on any atom is -0.480 e. The molecule has 0 fully saturated rings. The van der Waals surface area contributed by atoms with Gasteiger partial charge in [-0.25, -0.2) is 4.98 Å².